The smallest absolute Gasteiger partial charge is 0.310 e. The maximum Gasteiger partial charge on any atom is 0.310 e. The Bertz CT molecular complexity index is 749. The average Bonchev–Trinajstić information content (AvgIpc) is 3.06. The molecule has 2 aromatic rings. The van der Waals surface area contributed by atoms with E-state index >= 15 is 0 Å². The molecule has 0 spiro atoms. The van der Waals surface area contributed by atoms with E-state index in [-0.39, 0.29) is 19.0 Å². The van der Waals surface area contributed by atoms with Gasteiger partial charge in [-0.05, 0) is 12.1 Å². The third-order valence-electron chi connectivity index (χ3n) is 4.11. The lowest BCUT2D eigenvalue weighted by Gasteiger charge is -2.22. The third kappa shape index (κ3) is 3.70. The van der Waals surface area contributed by atoms with Crippen LogP contribution in [0, 0.1) is 5.92 Å². The van der Waals surface area contributed by atoms with Crippen molar-refractivity contribution >= 4 is 23.6 Å². The van der Waals surface area contributed by atoms with Gasteiger partial charge in [0.05, 0.1) is 17.7 Å². The van der Waals surface area contributed by atoms with E-state index in [0.29, 0.717) is 30.4 Å². The second-order valence-corrected chi connectivity index (χ2v) is 5.74. The highest BCUT2D eigenvalue weighted by Crippen LogP contribution is 2.18. The van der Waals surface area contributed by atoms with Crippen LogP contribution in [-0.4, -0.2) is 65.1 Å². The number of rotatable bonds is 4. The zero-order valence-corrected chi connectivity index (χ0v) is 13.8. The summed E-state index contributed by atoms with van der Waals surface area (Å²) in [5, 5.41) is 12.5. The monoisotopic (exact) mass is 345 g/mol. The van der Waals surface area contributed by atoms with Crippen molar-refractivity contribution in [1.29, 1.82) is 0 Å². The number of amides is 1. The van der Waals surface area contributed by atoms with Crippen molar-refractivity contribution in [2.24, 2.45) is 5.92 Å². The van der Waals surface area contributed by atoms with Crippen LogP contribution in [0.1, 0.15) is 10.4 Å². The number of aliphatic carboxylic acids is 1. The molecule has 1 amide bonds. The number of carboxylic acids is 1. The molecule has 25 heavy (non-hydrogen) atoms. The quantitative estimate of drug-likeness (QED) is 0.836. The highest BCUT2D eigenvalue weighted by molar-refractivity contribution is 5.94. The second kappa shape index (κ2) is 7.20. The summed E-state index contributed by atoms with van der Waals surface area (Å²) in [6.45, 7) is 1.18. The Balaban J connectivity index is 1.82. The Morgan fingerprint density at radius 2 is 2.16 bits per heavy atom. The number of nitrogens with zero attached hydrogens (tertiary/aromatic N) is 4. The largest absolute Gasteiger partial charge is 0.481 e. The fourth-order valence-corrected chi connectivity index (χ4v) is 2.74. The minimum Gasteiger partial charge on any atom is -0.481 e. The van der Waals surface area contributed by atoms with Gasteiger partial charge < -0.3 is 24.6 Å². The molecule has 3 rings (SSSR count). The molecule has 1 saturated heterocycles. The SMILES string of the molecule is CNc1ccnc(N2CCN(C(=O)c3ccoc3)C[C@H](C(=O)O)C2)n1. The van der Waals surface area contributed by atoms with E-state index in [9.17, 15) is 14.7 Å². The molecule has 0 saturated carbocycles. The van der Waals surface area contributed by atoms with Crippen LogP contribution in [0.4, 0.5) is 11.8 Å². The fraction of sp³-hybridized carbons (Fsp3) is 0.375. The topological polar surface area (TPSA) is 112 Å². The van der Waals surface area contributed by atoms with E-state index in [0.717, 1.165) is 0 Å². The van der Waals surface area contributed by atoms with E-state index < -0.39 is 11.9 Å². The first-order valence-electron chi connectivity index (χ1n) is 7.88. The molecule has 2 aromatic heterocycles. The van der Waals surface area contributed by atoms with Crippen molar-refractivity contribution in [3.8, 4) is 0 Å². The summed E-state index contributed by atoms with van der Waals surface area (Å²) in [4.78, 5) is 36.1. The second-order valence-electron chi connectivity index (χ2n) is 5.74. The van der Waals surface area contributed by atoms with Gasteiger partial charge in [0.2, 0.25) is 5.95 Å². The van der Waals surface area contributed by atoms with Crippen molar-refractivity contribution in [3.63, 3.8) is 0 Å². The molecule has 2 N–H and O–H groups in total. The molecule has 3 heterocycles. The summed E-state index contributed by atoms with van der Waals surface area (Å²) in [6.07, 6.45) is 4.40. The molecular weight excluding hydrogens is 326 g/mol. The molecule has 9 nitrogen and oxygen atoms in total. The van der Waals surface area contributed by atoms with Crippen LogP contribution in [0.3, 0.4) is 0 Å². The molecule has 0 radical (unpaired) electrons. The molecule has 132 valence electrons. The van der Waals surface area contributed by atoms with Gasteiger partial charge in [-0.25, -0.2) is 4.98 Å². The standard InChI is InChI=1S/C16H19N5O4/c1-17-13-2-4-18-16(19-13)21-6-5-20(8-12(9-21)15(23)24)14(22)11-3-7-25-10-11/h2-4,7,10,12H,5-6,8-9H2,1H3,(H,23,24)(H,17,18,19)/t12-/m0/s1. The molecule has 0 aromatic carbocycles. The van der Waals surface area contributed by atoms with Crippen LogP contribution in [0.2, 0.25) is 0 Å². The van der Waals surface area contributed by atoms with Crippen LogP contribution in [0.25, 0.3) is 0 Å². The Labute approximate surface area is 144 Å². The Kier molecular flexibility index (Phi) is 4.82. The first-order valence-corrected chi connectivity index (χ1v) is 7.88. The van der Waals surface area contributed by atoms with E-state index in [4.69, 9.17) is 4.42 Å². The predicted octanol–water partition coefficient (Wildman–Crippen LogP) is 0.774. The van der Waals surface area contributed by atoms with Gasteiger partial charge >= 0.3 is 5.97 Å². The summed E-state index contributed by atoms with van der Waals surface area (Å²) in [5.41, 5.74) is 0.408. The normalized spacial score (nSPS) is 17.9. The molecule has 0 bridgehead atoms. The van der Waals surface area contributed by atoms with E-state index in [1.54, 1.807) is 30.3 Å². The zero-order valence-electron chi connectivity index (χ0n) is 13.8. The van der Waals surface area contributed by atoms with Gasteiger partial charge in [0.1, 0.15) is 12.1 Å². The van der Waals surface area contributed by atoms with Gasteiger partial charge in [0.15, 0.2) is 0 Å². The van der Waals surface area contributed by atoms with Crippen LogP contribution >= 0.6 is 0 Å². The molecule has 9 heteroatoms. The van der Waals surface area contributed by atoms with Crippen molar-refractivity contribution in [2.75, 3.05) is 43.4 Å². The van der Waals surface area contributed by atoms with Crippen LogP contribution in [-0.2, 0) is 4.79 Å². The van der Waals surface area contributed by atoms with Crippen molar-refractivity contribution in [1.82, 2.24) is 14.9 Å². The number of anilines is 2. The lowest BCUT2D eigenvalue weighted by Crippen LogP contribution is -2.38. The number of hydrogen-bond acceptors (Lipinski definition) is 7. The number of nitrogens with one attached hydrogen (secondary N) is 1. The Morgan fingerprint density at radius 3 is 2.84 bits per heavy atom. The van der Waals surface area contributed by atoms with Gasteiger partial charge in [0, 0.05) is 39.4 Å². The molecule has 0 unspecified atom stereocenters. The molecule has 1 aliphatic heterocycles. The van der Waals surface area contributed by atoms with E-state index in [1.165, 1.54) is 17.4 Å². The summed E-state index contributed by atoms with van der Waals surface area (Å²) < 4.78 is 4.95. The lowest BCUT2D eigenvalue weighted by atomic mass is 10.1. The number of carboxylic acid groups (broad SMARTS) is 1. The highest BCUT2D eigenvalue weighted by atomic mass is 16.4. The summed E-state index contributed by atoms with van der Waals surface area (Å²) in [5.74, 6) is -0.850. The maximum absolute atomic E-state index is 12.5. The van der Waals surface area contributed by atoms with Gasteiger partial charge in [-0.15, -0.1) is 0 Å². The molecule has 1 atom stereocenters. The van der Waals surface area contributed by atoms with Crippen LogP contribution in [0.5, 0.6) is 0 Å². The zero-order chi connectivity index (χ0) is 17.8. The van der Waals surface area contributed by atoms with Gasteiger partial charge in [0.25, 0.3) is 5.91 Å². The third-order valence-corrected chi connectivity index (χ3v) is 4.11. The van der Waals surface area contributed by atoms with Gasteiger partial charge in [-0.3, -0.25) is 9.59 Å². The number of furan rings is 1. The molecule has 0 aliphatic carbocycles. The first kappa shape index (κ1) is 16.7. The molecular formula is C16H19N5O4. The lowest BCUT2D eigenvalue weighted by molar-refractivity contribution is -0.141. The minimum absolute atomic E-state index is 0.127. The van der Waals surface area contributed by atoms with Crippen molar-refractivity contribution < 1.29 is 19.1 Å². The number of carbonyl (C=O) groups excluding carboxylic acids is 1. The summed E-state index contributed by atoms with van der Waals surface area (Å²) >= 11 is 0. The van der Waals surface area contributed by atoms with Gasteiger partial charge in [-0.2, -0.15) is 4.98 Å². The minimum atomic E-state index is -0.957. The summed E-state index contributed by atoms with van der Waals surface area (Å²) in [7, 11) is 1.75. The first-order chi connectivity index (χ1) is 12.1. The van der Waals surface area contributed by atoms with E-state index in [1.807, 2.05) is 0 Å². The number of aromatic nitrogens is 2. The fourth-order valence-electron chi connectivity index (χ4n) is 2.74. The van der Waals surface area contributed by atoms with Crippen molar-refractivity contribution in [2.45, 2.75) is 0 Å². The predicted molar refractivity (Wildman–Crippen MR) is 89.5 cm³/mol. The highest BCUT2D eigenvalue weighted by Gasteiger charge is 2.31. The Morgan fingerprint density at radius 1 is 1.32 bits per heavy atom. The summed E-state index contributed by atoms with van der Waals surface area (Å²) in [6, 6.07) is 3.30. The van der Waals surface area contributed by atoms with E-state index in [2.05, 4.69) is 15.3 Å². The number of carbonyl (C=O) groups is 2. The van der Waals surface area contributed by atoms with Crippen molar-refractivity contribution in [3.05, 3.63) is 36.4 Å². The average molecular weight is 345 g/mol. The van der Waals surface area contributed by atoms with Crippen LogP contribution in [0.15, 0.2) is 35.3 Å². The number of hydrogen-bond donors (Lipinski definition) is 2. The molecule has 1 fully saturated rings. The Hall–Kier alpha value is -3.10. The maximum atomic E-state index is 12.5. The molecule has 1 aliphatic rings. The van der Waals surface area contributed by atoms with Gasteiger partial charge in [-0.1, -0.05) is 0 Å². The van der Waals surface area contributed by atoms with Crippen LogP contribution < -0.4 is 10.2 Å².